The molecule has 4 rings (SSSR count). The van der Waals surface area contributed by atoms with E-state index in [4.69, 9.17) is 17.0 Å². The zero-order valence-electron chi connectivity index (χ0n) is 13.9. The van der Waals surface area contributed by atoms with Crippen LogP contribution in [-0.4, -0.2) is 33.7 Å². The number of hydrazone groups is 1. The summed E-state index contributed by atoms with van der Waals surface area (Å²) in [7, 11) is 1.63. The molecule has 0 radical (unpaired) electrons. The van der Waals surface area contributed by atoms with Gasteiger partial charge >= 0.3 is 0 Å². The number of aliphatic hydroxyl groups is 1. The molecule has 1 N–H and O–H groups in total. The third kappa shape index (κ3) is 1.81. The van der Waals surface area contributed by atoms with Crippen molar-refractivity contribution in [2.45, 2.75) is 32.9 Å². The summed E-state index contributed by atoms with van der Waals surface area (Å²) < 4.78 is 5.42. The third-order valence-electron chi connectivity index (χ3n) is 6.12. The molecule has 1 heterocycles. The Morgan fingerprint density at radius 3 is 2.78 bits per heavy atom. The third-order valence-corrected chi connectivity index (χ3v) is 6.51. The van der Waals surface area contributed by atoms with E-state index in [0.29, 0.717) is 28.0 Å². The predicted molar refractivity (Wildman–Crippen MR) is 93.5 cm³/mol. The van der Waals surface area contributed by atoms with Crippen LogP contribution in [0, 0.1) is 23.2 Å². The Kier molecular flexibility index (Phi) is 2.98. The van der Waals surface area contributed by atoms with Gasteiger partial charge < -0.3 is 9.84 Å². The molecule has 1 aromatic carbocycles. The minimum Gasteiger partial charge on any atom is -0.496 e. The Morgan fingerprint density at radius 1 is 1.39 bits per heavy atom. The number of hydrogen-bond donors (Lipinski definition) is 1. The predicted octanol–water partition coefficient (Wildman–Crippen LogP) is 3.04. The summed E-state index contributed by atoms with van der Waals surface area (Å²) in [6.45, 7) is 6.59. The van der Waals surface area contributed by atoms with Gasteiger partial charge in [0.25, 0.3) is 0 Å². The van der Waals surface area contributed by atoms with Gasteiger partial charge in [0.1, 0.15) is 10.7 Å². The molecule has 5 heteroatoms. The molecule has 2 aliphatic carbocycles. The fraction of sp³-hybridized carbons (Fsp3) is 0.556. The lowest BCUT2D eigenvalue weighted by Gasteiger charge is -2.36. The first-order valence-electron chi connectivity index (χ1n) is 8.07. The van der Waals surface area contributed by atoms with Crippen LogP contribution in [0.25, 0.3) is 0 Å². The fourth-order valence-electron chi connectivity index (χ4n) is 4.85. The molecule has 2 saturated carbocycles. The number of nitrogens with zero attached hydrogens (tertiary/aromatic N) is 2. The molecular formula is C18H22N2O2S. The van der Waals surface area contributed by atoms with Crippen molar-refractivity contribution in [3.63, 3.8) is 0 Å². The van der Waals surface area contributed by atoms with Gasteiger partial charge in [-0.15, -0.1) is 0 Å². The minimum atomic E-state index is -0.979. The lowest BCUT2D eigenvalue weighted by Crippen LogP contribution is -2.50. The van der Waals surface area contributed by atoms with Gasteiger partial charge in [-0.05, 0) is 36.3 Å². The van der Waals surface area contributed by atoms with Crippen molar-refractivity contribution < 1.29 is 9.84 Å². The van der Waals surface area contributed by atoms with E-state index in [9.17, 15) is 5.11 Å². The SMILES string of the molecule is COc1ccccc1C(=S)N1N=C(C)[C@@H]2[C@@H]3[C@@H](C[C@@]21O)C3(C)C. The Balaban J connectivity index is 1.70. The monoisotopic (exact) mass is 330 g/mol. The van der Waals surface area contributed by atoms with E-state index in [1.165, 1.54) is 0 Å². The van der Waals surface area contributed by atoms with Gasteiger partial charge in [0, 0.05) is 12.1 Å². The lowest BCUT2D eigenvalue weighted by molar-refractivity contribution is -0.0843. The maximum Gasteiger partial charge on any atom is 0.168 e. The molecule has 1 aliphatic heterocycles. The molecular weight excluding hydrogens is 308 g/mol. The molecule has 122 valence electrons. The van der Waals surface area contributed by atoms with E-state index in [0.717, 1.165) is 17.7 Å². The molecule has 2 fully saturated rings. The zero-order valence-corrected chi connectivity index (χ0v) is 14.7. The summed E-state index contributed by atoms with van der Waals surface area (Å²) in [6, 6.07) is 7.63. The summed E-state index contributed by atoms with van der Waals surface area (Å²) in [5, 5.41) is 17.7. The number of rotatable bonds is 2. The lowest BCUT2D eigenvalue weighted by atomic mass is 9.84. The second-order valence-electron chi connectivity index (χ2n) is 7.57. The first-order valence-corrected chi connectivity index (χ1v) is 8.48. The molecule has 4 nitrogen and oxygen atoms in total. The molecule has 0 unspecified atom stereocenters. The highest BCUT2D eigenvalue weighted by atomic mass is 32.1. The van der Waals surface area contributed by atoms with Gasteiger partial charge in [0.05, 0.1) is 18.6 Å². The average Bonchev–Trinajstić information content (AvgIpc) is 2.83. The molecule has 0 saturated heterocycles. The summed E-state index contributed by atoms with van der Waals surface area (Å²) >= 11 is 5.67. The average molecular weight is 330 g/mol. The summed E-state index contributed by atoms with van der Waals surface area (Å²) in [5.41, 5.74) is 1.11. The Hall–Kier alpha value is -1.46. The van der Waals surface area contributed by atoms with E-state index < -0.39 is 5.72 Å². The number of ether oxygens (including phenoxy) is 1. The van der Waals surface area contributed by atoms with Crippen LogP contribution in [0.15, 0.2) is 29.4 Å². The molecule has 0 amide bonds. The molecule has 1 aromatic rings. The van der Waals surface area contributed by atoms with Crippen molar-refractivity contribution >= 4 is 22.9 Å². The topological polar surface area (TPSA) is 45.1 Å². The first kappa shape index (κ1) is 15.1. The van der Waals surface area contributed by atoms with Gasteiger partial charge in [0.15, 0.2) is 5.72 Å². The van der Waals surface area contributed by atoms with Crippen molar-refractivity contribution in [2.24, 2.45) is 28.3 Å². The van der Waals surface area contributed by atoms with E-state index >= 15 is 0 Å². The van der Waals surface area contributed by atoms with Gasteiger partial charge in [-0.3, -0.25) is 0 Å². The summed E-state index contributed by atoms with van der Waals surface area (Å²) in [6.07, 6.45) is 0.728. The van der Waals surface area contributed by atoms with Crippen LogP contribution in [0.5, 0.6) is 5.75 Å². The van der Waals surface area contributed by atoms with Crippen LogP contribution in [0.1, 0.15) is 32.8 Å². The number of methoxy groups -OCH3 is 1. The Labute approximate surface area is 142 Å². The molecule has 4 atom stereocenters. The second-order valence-corrected chi connectivity index (χ2v) is 7.96. The Bertz CT molecular complexity index is 729. The van der Waals surface area contributed by atoms with Crippen molar-refractivity contribution in [1.82, 2.24) is 5.01 Å². The largest absolute Gasteiger partial charge is 0.496 e. The number of para-hydroxylation sites is 1. The van der Waals surface area contributed by atoms with Crippen LogP contribution >= 0.6 is 12.2 Å². The minimum absolute atomic E-state index is 0.0788. The highest BCUT2D eigenvalue weighted by Gasteiger charge is 2.75. The van der Waals surface area contributed by atoms with Gasteiger partial charge in [-0.1, -0.05) is 38.2 Å². The van der Waals surface area contributed by atoms with E-state index in [1.807, 2.05) is 31.2 Å². The maximum absolute atomic E-state index is 11.4. The van der Waals surface area contributed by atoms with Crippen LogP contribution in [0.2, 0.25) is 0 Å². The van der Waals surface area contributed by atoms with Crippen molar-refractivity contribution in [3.8, 4) is 5.75 Å². The first-order chi connectivity index (χ1) is 10.8. The van der Waals surface area contributed by atoms with E-state index in [2.05, 4.69) is 18.9 Å². The number of hydrogen-bond acceptors (Lipinski definition) is 4. The van der Waals surface area contributed by atoms with Crippen LogP contribution < -0.4 is 4.74 Å². The fourth-order valence-corrected chi connectivity index (χ4v) is 5.22. The van der Waals surface area contributed by atoms with Crippen LogP contribution in [-0.2, 0) is 0 Å². The van der Waals surface area contributed by atoms with Gasteiger partial charge in [-0.25, -0.2) is 5.01 Å². The van der Waals surface area contributed by atoms with E-state index in [-0.39, 0.29) is 5.92 Å². The van der Waals surface area contributed by atoms with Crippen LogP contribution in [0.3, 0.4) is 0 Å². The van der Waals surface area contributed by atoms with Gasteiger partial charge in [-0.2, -0.15) is 5.10 Å². The van der Waals surface area contributed by atoms with Crippen LogP contribution in [0.4, 0.5) is 0 Å². The second kappa shape index (κ2) is 4.54. The normalized spacial score (nSPS) is 36.3. The van der Waals surface area contributed by atoms with Crippen molar-refractivity contribution in [3.05, 3.63) is 29.8 Å². The number of benzene rings is 1. The van der Waals surface area contributed by atoms with Gasteiger partial charge in [0.2, 0.25) is 0 Å². The maximum atomic E-state index is 11.4. The summed E-state index contributed by atoms with van der Waals surface area (Å²) in [5.74, 6) is 1.84. The highest BCUT2D eigenvalue weighted by molar-refractivity contribution is 7.80. The molecule has 0 aromatic heterocycles. The molecule has 3 aliphatic rings. The van der Waals surface area contributed by atoms with Crippen molar-refractivity contribution in [1.29, 1.82) is 0 Å². The van der Waals surface area contributed by atoms with E-state index in [1.54, 1.807) is 12.1 Å². The standard InChI is InChI=1S/C18H22N2O2S/c1-10-14-15-12(17(15,2)3)9-18(14,21)20(19-10)16(23)11-7-5-6-8-13(11)22-4/h5-8,12,14-15,21H,9H2,1-4H3/t12-,14-,15+,18-/m1/s1. The highest BCUT2D eigenvalue weighted by Crippen LogP contribution is 2.73. The van der Waals surface area contributed by atoms with Crippen molar-refractivity contribution in [2.75, 3.05) is 7.11 Å². The smallest absolute Gasteiger partial charge is 0.168 e. The molecule has 0 bridgehead atoms. The zero-order chi connectivity index (χ0) is 16.6. The molecule has 0 spiro atoms. The summed E-state index contributed by atoms with van der Waals surface area (Å²) in [4.78, 5) is 0.533. The molecule has 23 heavy (non-hydrogen) atoms. The Morgan fingerprint density at radius 2 is 2.09 bits per heavy atom. The number of fused-ring (bicyclic) bond motifs is 3. The quantitative estimate of drug-likeness (QED) is 0.847. The number of thiocarbonyl (C=S) groups is 1.